The zero-order valence-corrected chi connectivity index (χ0v) is 17.4. The summed E-state index contributed by atoms with van der Waals surface area (Å²) in [5, 5.41) is 8.30. The number of H-pyrrole nitrogens is 1. The number of hydrogen-bond donors (Lipinski definition) is 1. The fourth-order valence-electron chi connectivity index (χ4n) is 3.46. The number of carbonyl (C=O) groups is 1. The van der Waals surface area contributed by atoms with Crippen LogP contribution in [-0.4, -0.2) is 44.9 Å². The highest BCUT2D eigenvalue weighted by molar-refractivity contribution is 7.99. The van der Waals surface area contributed by atoms with Crippen molar-refractivity contribution >= 4 is 29.3 Å². The highest BCUT2D eigenvalue weighted by Gasteiger charge is 2.35. The Kier molecular flexibility index (Phi) is 5.92. The van der Waals surface area contributed by atoms with Crippen molar-refractivity contribution in [2.75, 3.05) is 12.9 Å². The number of nitrogens with zero attached hydrogens (tertiary/aromatic N) is 3. The number of amides is 1. The maximum absolute atomic E-state index is 12.9. The molecule has 1 fully saturated rings. The Hall–Kier alpha value is -1.99. The van der Waals surface area contributed by atoms with Gasteiger partial charge in [0.15, 0.2) is 5.82 Å². The highest BCUT2D eigenvalue weighted by atomic mass is 35.5. The molecule has 0 radical (unpaired) electrons. The van der Waals surface area contributed by atoms with Gasteiger partial charge >= 0.3 is 0 Å². The van der Waals surface area contributed by atoms with E-state index < -0.39 is 0 Å². The summed E-state index contributed by atoms with van der Waals surface area (Å²) in [7, 11) is 1.60. The molecule has 1 aromatic heterocycles. The van der Waals surface area contributed by atoms with Crippen molar-refractivity contribution in [2.24, 2.45) is 0 Å². The lowest BCUT2D eigenvalue weighted by molar-refractivity contribution is -0.127. The molecule has 0 unspecified atom stereocenters. The Morgan fingerprint density at radius 1 is 1.39 bits per heavy atom. The lowest BCUT2D eigenvalue weighted by atomic mass is 10.0. The van der Waals surface area contributed by atoms with E-state index in [0.717, 1.165) is 31.2 Å². The normalized spacial score (nSPS) is 16.6. The fraction of sp³-hybridized carbons (Fsp3) is 0.450. The summed E-state index contributed by atoms with van der Waals surface area (Å²) in [5.74, 6) is 1.71. The third kappa shape index (κ3) is 4.36. The Morgan fingerprint density at radius 2 is 2.25 bits per heavy atom. The number of ether oxygens (including phenoxy) is 1. The predicted molar refractivity (Wildman–Crippen MR) is 111 cm³/mol. The van der Waals surface area contributed by atoms with Crippen molar-refractivity contribution in [1.82, 2.24) is 20.1 Å². The van der Waals surface area contributed by atoms with Crippen LogP contribution in [0.5, 0.6) is 5.75 Å². The fourth-order valence-corrected chi connectivity index (χ4v) is 4.29. The molecule has 8 heteroatoms. The van der Waals surface area contributed by atoms with Crippen LogP contribution in [0, 0.1) is 0 Å². The summed E-state index contributed by atoms with van der Waals surface area (Å²) in [6, 6.07) is 5.73. The molecule has 0 aliphatic heterocycles. The average Bonchev–Trinajstić information content (AvgIpc) is 3.43. The third-order valence-corrected chi connectivity index (χ3v) is 6.03. The lowest BCUT2D eigenvalue weighted by Gasteiger charge is -2.27. The summed E-state index contributed by atoms with van der Waals surface area (Å²) >= 11 is 7.45. The minimum Gasteiger partial charge on any atom is -0.496 e. The Labute approximate surface area is 173 Å². The van der Waals surface area contributed by atoms with E-state index in [9.17, 15) is 4.79 Å². The standard InChI is InChI=1S/C20H23ClN4O2S/c1-27-17-10-7-13(21)11-16(17)19-22-20(24-23-19)28-12-18(26)25(15-8-9-15)14-5-3-2-4-6-14/h5,7,10-11,15H,2-4,6,8-9,12H2,1H3,(H,22,23,24). The molecule has 1 heterocycles. The number of hydrogen-bond acceptors (Lipinski definition) is 5. The summed E-state index contributed by atoms with van der Waals surface area (Å²) in [5.41, 5.74) is 1.95. The molecule has 1 amide bonds. The summed E-state index contributed by atoms with van der Waals surface area (Å²) in [6.07, 6.45) is 8.91. The molecular weight excluding hydrogens is 396 g/mol. The Balaban J connectivity index is 1.44. The van der Waals surface area contributed by atoms with E-state index in [4.69, 9.17) is 16.3 Å². The van der Waals surface area contributed by atoms with Crippen molar-refractivity contribution in [3.05, 3.63) is 35.0 Å². The van der Waals surface area contributed by atoms with E-state index in [2.05, 4.69) is 21.3 Å². The predicted octanol–water partition coefficient (Wildman–Crippen LogP) is 4.67. The minimum absolute atomic E-state index is 0.146. The van der Waals surface area contributed by atoms with E-state index >= 15 is 0 Å². The quantitative estimate of drug-likeness (QED) is 0.661. The first-order valence-electron chi connectivity index (χ1n) is 9.56. The van der Waals surface area contributed by atoms with Crippen molar-refractivity contribution in [3.8, 4) is 17.1 Å². The smallest absolute Gasteiger partial charge is 0.237 e. The molecule has 0 bridgehead atoms. The molecule has 2 aliphatic rings. The van der Waals surface area contributed by atoms with Gasteiger partial charge in [0.05, 0.1) is 18.4 Å². The van der Waals surface area contributed by atoms with Crippen LogP contribution in [0.2, 0.25) is 5.02 Å². The van der Waals surface area contributed by atoms with Crippen molar-refractivity contribution in [1.29, 1.82) is 0 Å². The maximum atomic E-state index is 12.9. The Morgan fingerprint density at radius 3 is 2.96 bits per heavy atom. The van der Waals surface area contributed by atoms with E-state index in [1.807, 2.05) is 4.90 Å². The first kappa shape index (κ1) is 19.3. The molecule has 6 nitrogen and oxygen atoms in total. The molecule has 2 aliphatic carbocycles. The van der Waals surface area contributed by atoms with Crippen molar-refractivity contribution in [2.45, 2.75) is 49.7 Å². The number of halogens is 1. The van der Waals surface area contributed by atoms with Gasteiger partial charge in [-0.1, -0.05) is 29.4 Å². The average molecular weight is 419 g/mol. The van der Waals surface area contributed by atoms with Crippen LogP contribution >= 0.6 is 23.4 Å². The second kappa shape index (κ2) is 8.57. The number of benzene rings is 1. The van der Waals surface area contributed by atoms with E-state index in [1.54, 1.807) is 25.3 Å². The number of allylic oxidation sites excluding steroid dienone is 2. The second-order valence-electron chi connectivity index (χ2n) is 7.04. The van der Waals surface area contributed by atoms with Crippen LogP contribution in [0.25, 0.3) is 11.4 Å². The summed E-state index contributed by atoms with van der Waals surface area (Å²) < 4.78 is 5.37. The number of carbonyl (C=O) groups excluding carboxylic acids is 1. The monoisotopic (exact) mass is 418 g/mol. The zero-order valence-electron chi connectivity index (χ0n) is 15.8. The largest absolute Gasteiger partial charge is 0.496 e. The first-order valence-corrected chi connectivity index (χ1v) is 10.9. The van der Waals surface area contributed by atoms with Crippen LogP contribution in [-0.2, 0) is 4.79 Å². The molecule has 1 saturated carbocycles. The molecule has 0 saturated heterocycles. The zero-order chi connectivity index (χ0) is 19.5. The molecule has 2 aromatic rings. The van der Waals surface area contributed by atoms with Crippen LogP contribution in [0.1, 0.15) is 38.5 Å². The van der Waals surface area contributed by atoms with E-state index in [0.29, 0.717) is 33.5 Å². The second-order valence-corrected chi connectivity index (χ2v) is 8.41. The van der Waals surface area contributed by atoms with Crippen LogP contribution in [0.15, 0.2) is 35.1 Å². The molecule has 28 heavy (non-hydrogen) atoms. The molecular formula is C20H23ClN4O2S. The topological polar surface area (TPSA) is 71.1 Å². The van der Waals surface area contributed by atoms with Gasteiger partial charge in [-0.2, -0.15) is 0 Å². The Bertz CT molecular complexity index is 894. The minimum atomic E-state index is 0.146. The van der Waals surface area contributed by atoms with Gasteiger partial charge in [0.1, 0.15) is 5.75 Å². The summed E-state index contributed by atoms with van der Waals surface area (Å²) in [6.45, 7) is 0. The molecule has 1 aromatic carbocycles. The number of nitrogens with one attached hydrogen (secondary N) is 1. The third-order valence-electron chi connectivity index (χ3n) is 4.96. The van der Waals surface area contributed by atoms with Gasteiger partial charge in [0.2, 0.25) is 11.1 Å². The van der Waals surface area contributed by atoms with Gasteiger partial charge in [0, 0.05) is 16.8 Å². The molecule has 148 valence electrons. The number of aromatic nitrogens is 3. The van der Waals surface area contributed by atoms with Crippen LogP contribution < -0.4 is 4.74 Å². The van der Waals surface area contributed by atoms with Crippen LogP contribution in [0.3, 0.4) is 0 Å². The highest BCUT2D eigenvalue weighted by Crippen LogP contribution is 2.35. The maximum Gasteiger partial charge on any atom is 0.237 e. The van der Waals surface area contributed by atoms with E-state index in [-0.39, 0.29) is 5.91 Å². The van der Waals surface area contributed by atoms with Crippen molar-refractivity contribution < 1.29 is 9.53 Å². The number of thioether (sulfide) groups is 1. The number of rotatable bonds is 7. The lowest BCUT2D eigenvalue weighted by Crippen LogP contribution is -2.34. The number of aromatic amines is 1. The van der Waals surface area contributed by atoms with Crippen LogP contribution in [0.4, 0.5) is 0 Å². The van der Waals surface area contributed by atoms with Gasteiger partial charge in [-0.05, 0) is 56.7 Å². The molecule has 0 atom stereocenters. The van der Waals surface area contributed by atoms with Gasteiger partial charge in [-0.25, -0.2) is 4.98 Å². The summed E-state index contributed by atoms with van der Waals surface area (Å²) in [4.78, 5) is 19.4. The van der Waals surface area contributed by atoms with Gasteiger partial charge in [0.25, 0.3) is 0 Å². The van der Waals surface area contributed by atoms with Gasteiger partial charge in [-0.15, -0.1) is 5.10 Å². The van der Waals surface area contributed by atoms with Gasteiger partial charge < -0.3 is 9.64 Å². The molecule has 4 rings (SSSR count). The molecule has 1 N–H and O–H groups in total. The van der Waals surface area contributed by atoms with Crippen molar-refractivity contribution in [3.63, 3.8) is 0 Å². The van der Waals surface area contributed by atoms with E-state index in [1.165, 1.54) is 30.3 Å². The number of methoxy groups -OCH3 is 1. The molecule has 0 spiro atoms. The van der Waals surface area contributed by atoms with Gasteiger partial charge in [-0.3, -0.25) is 9.89 Å². The SMILES string of the molecule is COc1ccc(Cl)cc1-c1nc(SCC(=O)N(C2=CCCCC2)C2CC2)n[nH]1. The first-order chi connectivity index (χ1) is 13.7.